The molecule has 1 fully saturated rings. The van der Waals surface area contributed by atoms with Crippen LogP contribution in [0.1, 0.15) is 30.0 Å². The Bertz CT molecular complexity index is 1800. The van der Waals surface area contributed by atoms with E-state index in [4.69, 9.17) is 4.74 Å². The molecule has 1 aromatic heterocycles. The molecule has 3 aromatic carbocycles. The number of benzene rings is 3. The van der Waals surface area contributed by atoms with Crippen molar-refractivity contribution in [2.75, 3.05) is 30.4 Å². The highest BCUT2D eigenvalue weighted by atomic mass is 28.4. The van der Waals surface area contributed by atoms with E-state index in [0.717, 1.165) is 22.0 Å². The van der Waals surface area contributed by atoms with Gasteiger partial charge in [-0.1, -0.05) is 55.5 Å². The number of aromatic amines is 1. The summed E-state index contributed by atoms with van der Waals surface area (Å²) in [5.41, 5.74) is 2.69. The molecule has 2 aliphatic heterocycles. The van der Waals surface area contributed by atoms with Gasteiger partial charge >= 0.3 is 0 Å². The average molecular weight is 655 g/mol. The number of fused-ring (bicyclic) bond motifs is 3. The molecule has 6 rings (SSSR count). The fourth-order valence-electron chi connectivity index (χ4n) is 7.63. The predicted molar refractivity (Wildman–Crippen MR) is 183 cm³/mol. The number of H-pyrrole nitrogens is 1. The summed E-state index contributed by atoms with van der Waals surface area (Å²) in [5, 5.41) is 13.7. The molecule has 0 aliphatic carbocycles. The monoisotopic (exact) mass is 654 g/mol. The molecule has 0 radical (unpaired) electrons. The third kappa shape index (κ3) is 6.00. The highest BCUT2D eigenvalue weighted by molar-refractivity contribution is 6.71. The quantitative estimate of drug-likeness (QED) is 0.186. The van der Waals surface area contributed by atoms with Gasteiger partial charge in [-0.25, -0.2) is 0 Å². The van der Waals surface area contributed by atoms with Crippen molar-refractivity contribution in [2.24, 2.45) is 5.92 Å². The molecule has 1 saturated heterocycles. The molecule has 4 N–H and O–H groups in total. The smallest absolute Gasteiger partial charge is 0.264 e. The van der Waals surface area contributed by atoms with Crippen LogP contribution in [0.3, 0.4) is 0 Å². The van der Waals surface area contributed by atoms with Crippen LogP contribution < -0.4 is 10.2 Å². The van der Waals surface area contributed by atoms with E-state index in [0.29, 0.717) is 23.5 Å². The summed E-state index contributed by atoms with van der Waals surface area (Å²) >= 11 is 0. The number of hydrogen-bond donors (Lipinski definition) is 4. The fourth-order valence-corrected chi connectivity index (χ4v) is 10.2. The van der Waals surface area contributed by atoms with E-state index >= 15 is 0 Å². The number of carbonyl (C=O) groups is 3. The second-order valence-electron chi connectivity index (χ2n) is 13.3. The highest BCUT2D eigenvalue weighted by Gasteiger charge is 2.66. The summed E-state index contributed by atoms with van der Waals surface area (Å²) < 4.78 is 6.77. The molecule has 3 amide bonds. The third-order valence-electron chi connectivity index (χ3n) is 9.74. The topological polar surface area (TPSA) is 135 Å². The summed E-state index contributed by atoms with van der Waals surface area (Å²) in [6, 6.07) is 22.7. The predicted octanol–water partition coefficient (Wildman–Crippen LogP) is 4.53. The molecular formula is C36H42N4O6Si. The van der Waals surface area contributed by atoms with Crippen LogP contribution in [0.4, 0.5) is 11.4 Å². The fraction of sp³-hybridized carbons (Fsp3) is 0.361. The number of anilines is 2. The minimum atomic E-state index is -3.00. The molecule has 0 saturated carbocycles. The van der Waals surface area contributed by atoms with Crippen molar-refractivity contribution in [1.29, 1.82) is 0 Å². The number of nitrogens with one attached hydrogen (secondary N) is 2. The molecule has 47 heavy (non-hydrogen) atoms. The van der Waals surface area contributed by atoms with Crippen molar-refractivity contribution in [1.82, 2.24) is 9.88 Å². The highest BCUT2D eigenvalue weighted by Crippen LogP contribution is 2.59. The molecule has 0 bridgehead atoms. The van der Waals surface area contributed by atoms with Crippen LogP contribution in [0.15, 0.2) is 79.0 Å². The van der Waals surface area contributed by atoms with Crippen LogP contribution in [0.25, 0.3) is 10.9 Å². The SMILES string of the molecule is C[C@H]1[C@H]([Si](C)(C)O)[C@@H](CC(=O)N(CCO)Cc2ccccc2)O[C@]12C(=O)N(C)c1ccc(NC(=O)Cc3c[nH]c4ccccc34)cc12. The minimum Gasteiger partial charge on any atom is -0.432 e. The lowest BCUT2D eigenvalue weighted by molar-refractivity contribution is -0.149. The lowest BCUT2D eigenvalue weighted by atomic mass is 9.82. The van der Waals surface area contributed by atoms with Crippen molar-refractivity contribution in [3.63, 3.8) is 0 Å². The number of likely N-dealkylation sites (N-methyl/N-ethyl adjacent to an activating group) is 1. The maximum atomic E-state index is 14.2. The van der Waals surface area contributed by atoms with Gasteiger partial charge in [0.1, 0.15) is 0 Å². The van der Waals surface area contributed by atoms with Crippen molar-refractivity contribution < 1.29 is 29.0 Å². The van der Waals surface area contributed by atoms with Gasteiger partial charge in [0.25, 0.3) is 5.91 Å². The van der Waals surface area contributed by atoms with Gasteiger partial charge in [-0.15, -0.1) is 0 Å². The Morgan fingerprint density at radius 1 is 1.09 bits per heavy atom. The Hall–Kier alpha value is -4.29. The Balaban J connectivity index is 1.28. The Morgan fingerprint density at radius 2 is 1.81 bits per heavy atom. The second kappa shape index (κ2) is 12.7. The molecule has 246 valence electrons. The zero-order valence-electron chi connectivity index (χ0n) is 27.2. The molecule has 11 heteroatoms. The zero-order chi connectivity index (χ0) is 33.5. The summed E-state index contributed by atoms with van der Waals surface area (Å²) in [4.78, 5) is 59.1. The standard InChI is InChI=1S/C36H42N4O6Si/c1-23-34(47(3,4)45)31(20-33(43)40(16-17-41)22-24-10-6-5-7-11-24)46-36(23)28-19-26(14-15-30(28)39(2)35(36)44)38-32(42)18-25-21-37-29-13-9-8-12-27(25)29/h5-15,19,21,23,31,34,37,41,45H,16-18,20,22H2,1-4H3,(H,38,42)/t23-,31+,34-,36+/m0/s1. The van der Waals surface area contributed by atoms with E-state index < -0.39 is 31.5 Å². The number of aromatic nitrogens is 1. The summed E-state index contributed by atoms with van der Waals surface area (Å²) in [6.45, 7) is 5.82. The van der Waals surface area contributed by atoms with Gasteiger partial charge < -0.3 is 34.7 Å². The van der Waals surface area contributed by atoms with Crippen LogP contribution in [0.5, 0.6) is 0 Å². The second-order valence-corrected chi connectivity index (χ2v) is 17.2. The zero-order valence-corrected chi connectivity index (χ0v) is 28.2. The number of para-hydroxylation sites is 1. The number of rotatable bonds is 10. The maximum absolute atomic E-state index is 14.2. The number of aliphatic hydroxyl groups is 1. The lowest BCUT2D eigenvalue weighted by Gasteiger charge is -2.32. The number of amides is 3. The van der Waals surface area contributed by atoms with Gasteiger partial charge in [0, 0.05) is 59.9 Å². The van der Waals surface area contributed by atoms with Crippen LogP contribution >= 0.6 is 0 Å². The number of ether oxygens (including phenoxy) is 1. The molecule has 0 unspecified atom stereocenters. The van der Waals surface area contributed by atoms with E-state index in [-0.39, 0.29) is 43.7 Å². The van der Waals surface area contributed by atoms with Gasteiger partial charge in [0.15, 0.2) is 13.9 Å². The molecule has 10 nitrogen and oxygen atoms in total. The van der Waals surface area contributed by atoms with Crippen LogP contribution in [0, 0.1) is 5.92 Å². The van der Waals surface area contributed by atoms with E-state index in [2.05, 4.69) is 10.3 Å². The van der Waals surface area contributed by atoms with E-state index in [9.17, 15) is 24.3 Å². The van der Waals surface area contributed by atoms with Crippen LogP contribution in [-0.4, -0.2) is 72.1 Å². The Morgan fingerprint density at radius 3 is 2.53 bits per heavy atom. The first-order chi connectivity index (χ1) is 22.4. The molecule has 4 atom stereocenters. The number of nitrogens with zero attached hydrogens (tertiary/aromatic N) is 2. The lowest BCUT2D eigenvalue weighted by Crippen LogP contribution is -2.45. The minimum absolute atomic E-state index is 0.0477. The number of aliphatic hydroxyl groups excluding tert-OH is 1. The Labute approximate surface area is 275 Å². The van der Waals surface area contributed by atoms with Gasteiger partial charge in [-0.3, -0.25) is 14.4 Å². The van der Waals surface area contributed by atoms with E-state index in [1.165, 1.54) is 0 Å². The van der Waals surface area contributed by atoms with Crippen molar-refractivity contribution in [3.05, 3.63) is 95.7 Å². The first kappa shape index (κ1) is 32.6. The van der Waals surface area contributed by atoms with E-state index in [1.807, 2.05) is 80.8 Å². The molecule has 3 heterocycles. The van der Waals surface area contributed by atoms with Crippen molar-refractivity contribution in [3.8, 4) is 0 Å². The normalized spacial score (nSPS) is 22.2. The molecule has 1 spiro atoms. The van der Waals surface area contributed by atoms with E-state index in [1.54, 1.807) is 35.0 Å². The first-order valence-electron chi connectivity index (χ1n) is 16.0. The van der Waals surface area contributed by atoms with Gasteiger partial charge in [0.2, 0.25) is 11.8 Å². The van der Waals surface area contributed by atoms with Crippen LogP contribution in [0.2, 0.25) is 18.6 Å². The average Bonchev–Trinajstić information content (AvgIpc) is 3.64. The summed E-state index contributed by atoms with van der Waals surface area (Å²) in [7, 11) is -1.30. The Kier molecular flexibility index (Phi) is 8.83. The molecule has 4 aromatic rings. The number of carbonyl (C=O) groups excluding carboxylic acids is 3. The largest absolute Gasteiger partial charge is 0.432 e. The van der Waals surface area contributed by atoms with Gasteiger partial charge in [0.05, 0.1) is 31.2 Å². The number of hydrogen-bond acceptors (Lipinski definition) is 6. The third-order valence-corrected chi connectivity index (χ3v) is 12.2. The van der Waals surface area contributed by atoms with Gasteiger partial charge in [-0.05, 0) is 48.5 Å². The van der Waals surface area contributed by atoms with Crippen LogP contribution in [-0.2, 0) is 37.7 Å². The summed E-state index contributed by atoms with van der Waals surface area (Å²) in [5.74, 6) is -1.15. The van der Waals surface area contributed by atoms with Crippen molar-refractivity contribution in [2.45, 2.75) is 56.7 Å². The van der Waals surface area contributed by atoms with Gasteiger partial charge in [-0.2, -0.15) is 0 Å². The van der Waals surface area contributed by atoms with Crippen molar-refractivity contribution >= 4 is 48.3 Å². The summed E-state index contributed by atoms with van der Waals surface area (Å²) in [6.07, 6.45) is 1.23. The molecule has 2 aliphatic rings. The molecular weight excluding hydrogens is 613 g/mol. The first-order valence-corrected chi connectivity index (χ1v) is 19.1. The maximum Gasteiger partial charge on any atom is 0.264 e.